The van der Waals surface area contributed by atoms with Gasteiger partial charge in [-0.25, -0.2) is 4.39 Å². The fourth-order valence-corrected chi connectivity index (χ4v) is 1.61. The van der Waals surface area contributed by atoms with Crippen LogP contribution in [0.4, 0.5) is 15.8 Å². The summed E-state index contributed by atoms with van der Waals surface area (Å²) < 4.78 is 18.6. The molecule has 1 N–H and O–H groups in total. The largest absolute Gasteiger partial charge is 0.490 e. The van der Waals surface area contributed by atoms with Crippen molar-refractivity contribution in [2.24, 2.45) is 0 Å². The monoisotopic (exact) mass is 272 g/mol. The number of methoxy groups -OCH3 is 1. The number of aliphatic carboxylic acids is 1. The van der Waals surface area contributed by atoms with Crippen molar-refractivity contribution in [3.05, 3.63) is 28.1 Å². The smallest absolute Gasteiger partial charge is 0.323 e. The molecule has 0 atom stereocenters. The summed E-state index contributed by atoms with van der Waals surface area (Å²) in [7, 11) is 1.22. The Hall–Kier alpha value is -2.38. The second kappa shape index (κ2) is 5.98. The van der Waals surface area contributed by atoms with Gasteiger partial charge in [-0.1, -0.05) is 0 Å². The van der Waals surface area contributed by atoms with E-state index in [0.717, 1.165) is 12.1 Å². The molecule has 0 bridgehead atoms. The minimum absolute atomic E-state index is 0.0487. The molecule has 0 aliphatic heterocycles. The van der Waals surface area contributed by atoms with Gasteiger partial charge in [0.05, 0.1) is 23.8 Å². The minimum Gasteiger partial charge on any atom is -0.490 e. The molecule has 1 rings (SSSR count). The molecule has 0 heterocycles. The molecule has 19 heavy (non-hydrogen) atoms. The van der Waals surface area contributed by atoms with Crippen molar-refractivity contribution in [3.8, 4) is 5.75 Å². The highest BCUT2D eigenvalue weighted by Gasteiger charge is 2.22. The normalized spacial score (nSPS) is 10.1. The number of carboxylic acids is 1. The number of hydrogen-bond donors (Lipinski definition) is 1. The highest BCUT2D eigenvalue weighted by atomic mass is 19.1. The third-order valence-electron chi connectivity index (χ3n) is 2.49. The number of nitro groups is 1. The molecule has 0 aliphatic carbocycles. The van der Waals surface area contributed by atoms with Crippen LogP contribution in [0.15, 0.2) is 12.1 Å². The van der Waals surface area contributed by atoms with E-state index in [0.29, 0.717) is 0 Å². The molecule has 7 nitrogen and oxygen atoms in total. The van der Waals surface area contributed by atoms with E-state index in [9.17, 15) is 19.3 Å². The lowest BCUT2D eigenvalue weighted by molar-refractivity contribution is -0.385. The maximum Gasteiger partial charge on any atom is 0.323 e. The zero-order chi connectivity index (χ0) is 14.6. The molecule has 0 saturated heterocycles. The van der Waals surface area contributed by atoms with Gasteiger partial charge in [0.15, 0.2) is 11.6 Å². The summed E-state index contributed by atoms with van der Waals surface area (Å²) in [6.07, 6.45) is 0. The first kappa shape index (κ1) is 14.7. The molecule has 0 fully saturated rings. The van der Waals surface area contributed by atoms with Crippen LogP contribution in [0.1, 0.15) is 6.92 Å². The van der Waals surface area contributed by atoms with E-state index < -0.39 is 28.9 Å². The zero-order valence-corrected chi connectivity index (χ0v) is 10.4. The Morgan fingerprint density at radius 1 is 1.58 bits per heavy atom. The molecule has 1 aromatic carbocycles. The minimum atomic E-state index is -1.13. The summed E-state index contributed by atoms with van der Waals surface area (Å²) in [6, 6.07) is 1.85. The van der Waals surface area contributed by atoms with Crippen LogP contribution < -0.4 is 9.64 Å². The predicted molar refractivity (Wildman–Crippen MR) is 65.1 cm³/mol. The second-order valence-corrected chi connectivity index (χ2v) is 3.64. The lowest BCUT2D eigenvalue weighted by Gasteiger charge is -2.21. The van der Waals surface area contributed by atoms with Gasteiger partial charge in [0, 0.05) is 12.6 Å². The van der Waals surface area contributed by atoms with Crippen LogP contribution in [-0.4, -0.2) is 36.2 Å². The Balaban J connectivity index is 3.28. The number of likely N-dealkylation sites (N-methyl/N-ethyl adjacent to an activating group) is 1. The highest BCUT2D eigenvalue weighted by Crippen LogP contribution is 2.33. The fourth-order valence-electron chi connectivity index (χ4n) is 1.61. The Bertz CT molecular complexity index is 506. The van der Waals surface area contributed by atoms with Crippen molar-refractivity contribution < 1.29 is 24.0 Å². The third-order valence-corrected chi connectivity index (χ3v) is 2.49. The maximum absolute atomic E-state index is 13.8. The third kappa shape index (κ3) is 3.30. The highest BCUT2D eigenvalue weighted by molar-refractivity contribution is 5.74. The summed E-state index contributed by atoms with van der Waals surface area (Å²) in [6.45, 7) is 1.48. The van der Waals surface area contributed by atoms with Gasteiger partial charge in [-0.3, -0.25) is 14.9 Å². The molecule has 0 amide bonds. The Morgan fingerprint density at radius 3 is 2.63 bits per heavy atom. The summed E-state index contributed by atoms with van der Waals surface area (Å²) >= 11 is 0. The summed E-state index contributed by atoms with van der Waals surface area (Å²) in [4.78, 5) is 21.9. The van der Waals surface area contributed by atoms with Gasteiger partial charge >= 0.3 is 11.7 Å². The molecule has 0 saturated carbocycles. The van der Waals surface area contributed by atoms with Gasteiger partial charge in [0.1, 0.15) is 6.54 Å². The molecule has 0 aromatic heterocycles. The molecule has 8 heteroatoms. The fraction of sp³-hybridized carbons (Fsp3) is 0.364. The lowest BCUT2D eigenvalue weighted by Crippen LogP contribution is -2.30. The first-order chi connectivity index (χ1) is 8.90. The van der Waals surface area contributed by atoms with Crippen LogP contribution >= 0.6 is 0 Å². The standard InChI is InChI=1S/C11H13FN2O5/c1-3-13(6-11(15)16)8-5-10(19-2)9(14(17)18)4-7(8)12/h4-5H,3,6H2,1-2H3,(H,15,16). The number of nitro benzene ring substituents is 1. The van der Waals surface area contributed by atoms with Crippen LogP contribution in [-0.2, 0) is 4.79 Å². The molecule has 104 valence electrons. The van der Waals surface area contributed by atoms with Crippen molar-refractivity contribution in [2.75, 3.05) is 25.1 Å². The SMILES string of the molecule is CCN(CC(=O)O)c1cc(OC)c([N+](=O)[O-])cc1F. The van der Waals surface area contributed by atoms with E-state index in [1.807, 2.05) is 0 Å². The number of anilines is 1. The van der Waals surface area contributed by atoms with Crippen LogP contribution in [0.5, 0.6) is 5.75 Å². The van der Waals surface area contributed by atoms with Crippen LogP contribution in [0.25, 0.3) is 0 Å². The van der Waals surface area contributed by atoms with Gasteiger partial charge < -0.3 is 14.7 Å². The number of carbonyl (C=O) groups is 1. The summed E-state index contributed by atoms with van der Waals surface area (Å²) in [5, 5.41) is 19.4. The number of rotatable bonds is 6. The van der Waals surface area contributed by atoms with E-state index in [2.05, 4.69) is 0 Å². The molecular weight excluding hydrogens is 259 g/mol. The van der Waals surface area contributed by atoms with Crippen LogP contribution in [0.2, 0.25) is 0 Å². The quantitative estimate of drug-likeness (QED) is 0.625. The molecule has 0 aliphatic rings. The van der Waals surface area contributed by atoms with Gasteiger partial charge in [0.2, 0.25) is 0 Å². The average Bonchev–Trinajstić information content (AvgIpc) is 2.35. The Morgan fingerprint density at radius 2 is 2.21 bits per heavy atom. The Labute approximate surface area is 108 Å². The average molecular weight is 272 g/mol. The van der Waals surface area contributed by atoms with Gasteiger partial charge in [-0.05, 0) is 6.92 Å². The number of carboxylic acid groups (broad SMARTS) is 1. The molecule has 0 spiro atoms. The number of hydrogen-bond acceptors (Lipinski definition) is 5. The molecule has 1 aromatic rings. The van der Waals surface area contributed by atoms with Crippen LogP contribution in [0.3, 0.4) is 0 Å². The summed E-state index contributed by atoms with van der Waals surface area (Å²) in [5.41, 5.74) is -0.553. The first-order valence-corrected chi connectivity index (χ1v) is 5.39. The van der Waals surface area contributed by atoms with Crippen molar-refractivity contribution in [1.29, 1.82) is 0 Å². The molecule has 0 unspecified atom stereocenters. The van der Waals surface area contributed by atoms with Gasteiger partial charge in [0.25, 0.3) is 0 Å². The number of ether oxygens (including phenoxy) is 1. The molecular formula is C11H13FN2O5. The lowest BCUT2D eigenvalue weighted by atomic mass is 10.2. The van der Waals surface area contributed by atoms with Crippen molar-refractivity contribution in [2.45, 2.75) is 6.92 Å². The van der Waals surface area contributed by atoms with Gasteiger partial charge in [-0.15, -0.1) is 0 Å². The van der Waals surface area contributed by atoms with E-state index in [1.165, 1.54) is 12.0 Å². The van der Waals surface area contributed by atoms with Crippen molar-refractivity contribution in [1.82, 2.24) is 0 Å². The maximum atomic E-state index is 13.8. The second-order valence-electron chi connectivity index (χ2n) is 3.64. The van der Waals surface area contributed by atoms with Gasteiger partial charge in [-0.2, -0.15) is 0 Å². The van der Waals surface area contributed by atoms with Crippen LogP contribution in [0, 0.1) is 15.9 Å². The van der Waals surface area contributed by atoms with E-state index in [1.54, 1.807) is 6.92 Å². The van der Waals surface area contributed by atoms with E-state index in [4.69, 9.17) is 9.84 Å². The molecule has 0 radical (unpaired) electrons. The number of nitrogens with zero attached hydrogens (tertiary/aromatic N) is 2. The summed E-state index contributed by atoms with van der Waals surface area (Å²) in [5.74, 6) is -2.11. The predicted octanol–water partition coefficient (Wildman–Crippen LogP) is 1.65. The zero-order valence-electron chi connectivity index (χ0n) is 10.4. The van der Waals surface area contributed by atoms with E-state index in [-0.39, 0.29) is 18.0 Å². The first-order valence-electron chi connectivity index (χ1n) is 5.39. The number of benzene rings is 1. The Kier molecular flexibility index (Phi) is 4.62. The topological polar surface area (TPSA) is 92.9 Å². The van der Waals surface area contributed by atoms with E-state index >= 15 is 0 Å². The van der Waals surface area contributed by atoms with Crippen molar-refractivity contribution >= 4 is 17.3 Å². The van der Waals surface area contributed by atoms with Crippen molar-refractivity contribution in [3.63, 3.8) is 0 Å². The number of halogens is 1.